The van der Waals surface area contributed by atoms with Crippen molar-refractivity contribution in [2.45, 2.75) is 25.3 Å². The van der Waals surface area contributed by atoms with E-state index in [1.807, 2.05) is 6.07 Å². The van der Waals surface area contributed by atoms with Crippen molar-refractivity contribution in [3.8, 4) is 0 Å². The van der Waals surface area contributed by atoms with Crippen LogP contribution in [-0.4, -0.2) is 43.6 Å². The molecule has 0 spiro atoms. The predicted molar refractivity (Wildman–Crippen MR) is 119 cm³/mol. The third-order valence-corrected chi connectivity index (χ3v) is 6.20. The molecule has 1 saturated heterocycles. The van der Waals surface area contributed by atoms with Crippen molar-refractivity contribution >= 4 is 12.0 Å². The molecule has 2 aliphatic rings. The fourth-order valence-electron chi connectivity index (χ4n) is 4.55. The highest BCUT2D eigenvalue weighted by molar-refractivity contribution is 5.95. The number of benzene rings is 2. The van der Waals surface area contributed by atoms with Crippen molar-refractivity contribution in [3.63, 3.8) is 0 Å². The number of likely N-dealkylation sites (tertiary alicyclic amines) is 1. The van der Waals surface area contributed by atoms with Gasteiger partial charge in [-0.25, -0.2) is 14.0 Å². The lowest BCUT2D eigenvalue weighted by atomic mass is 9.89. The summed E-state index contributed by atoms with van der Waals surface area (Å²) >= 11 is 0. The van der Waals surface area contributed by atoms with Crippen LogP contribution in [0, 0.1) is 11.7 Å². The molecule has 2 amide bonds. The average Bonchev–Trinajstić information content (AvgIpc) is 2.80. The first-order valence-electron chi connectivity index (χ1n) is 10.9. The van der Waals surface area contributed by atoms with Gasteiger partial charge in [-0.3, -0.25) is 4.90 Å². The number of piperidine rings is 1. The second-order valence-electron chi connectivity index (χ2n) is 8.38. The Balaban J connectivity index is 1.50. The lowest BCUT2D eigenvalue weighted by molar-refractivity contribution is -0.136. The second-order valence-corrected chi connectivity index (χ2v) is 8.38. The summed E-state index contributed by atoms with van der Waals surface area (Å²) in [5, 5.41) is 5.52. The number of hydrogen-bond donors (Lipinski definition) is 2. The van der Waals surface area contributed by atoms with Crippen molar-refractivity contribution < 1.29 is 18.7 Å². The van der Waals surface area contributed by atoms with E-state index in [0.29, 0.717) is 29.3 Å². The lowest BCUT2D eigenvalue weighted by Gasteiger charge is -2.35. The maximum Gasteiger partial charge on any atom is 0.338 e. The molecule has 2 aromatic carbocycles. The first-order valence-corrected chi connectivity index (χ1v) is 10.9. The molecular formula is C25H28FN3O3. The first kappa shape index (κ1) is 22.0. The van der Waals surface area contributed by atoms with Gasteiger partial charge in [0.25, 0.3) is 0 Å². The number of halogens is 1. The number of methoxy groups -OCH3 is 1. The van der Waals surface area contributed by atoms with Crippen LogP contribution in [0.3, 0.4) is 0 Å². The molecule has 0 aliphatic carbocycles. The summed E-state index contributed by atoms with van der Waals surface area (Å²) in [6.45, 7) is 2.19. The first-order chi connectivity index (χ1) is 15.5. The van der Waals surface area contributed by atoms with Gasteiger partial charge in [-0.15, -0.1) is 0 Å². The molecule has 32 heavy (non-hydrogen) atoms. The van der Waals surface area contributed by atoms with Crippen molar-refractivity contribution in [1.29, 1.82) is 0 Å². The zero-order chi connectivity index (χ0) is 22.5. The molecule has 1 unspecified atom stereocenters. The van der Waals surface area contributed by atoms with Crippen LogP contribution in [0.2, 0.25) is 0 Å². The Kier molecular flexibility index (Phi) is 6.85. The van der Waals surface area contributed by atoms with E-state index < -0.39 is 23.9 Å². The minimum atomic E-state index is -0.766. The topological polar surface area (TPSA) is 70.7 Å². The summed E-state index contributed by atoms with van der Waals surface area (Å²) < 4.78 is 18.8. The highest BCUT2D eigenvalue weighted by atomic mass is 19.1. The maximum absolute atomic E-state index is 13.8. The molecule has 7 heteroatoms. The van der Waals surface area contributed by atoms with Crippen LogP contribution in [0.4, 0.5) is 9.18 Å². The van der Waals surface area contributed by atoms with Gasteiger partial charge in [-0.1, -0.05) is 42.5 Å². The average molecular weight is 438 g/mol. The number of ether oxygens (including phenoxy) is 1. The van der Waals surface area contributed by atoms with Crippen LogP contribution >= 0.6 is 0 Å². The number of rotatable bonds is 6. The van der Waals surface area contributed by atoms with E-state index in [0.717, 1.165) is 32.4 Å². The van der Waals surface area contributed by atoms with E-state index in [4.69, 9.17) is 4.74 Å². The molecule has 2 heterocycles. The molecule has 6 nitrogen and oxygen atoms in total. The number of esters is 1. The van der Waals surface area contributed by atoms with Gasteiger partial charge in [-0.05, 0) is 61.5 Å². The summed E-state index contributed by atoms with van der Waals surface area (Å²) in [6.07, 6.45) is 3.16. The highest BCUT2D eigenvalue weighted by Gasteiger charge is 2.34. The lowest BCUT2D eigenvalue weighted by Crippen LogP contribution is -2.49. The van der Waals surface area contributed by atoms with Gasteiger partial charge in [0, 0.05) is 12.2 Å². The monoisotopic (exact) mass is 437 g/mol. The third kappa shape index (κ3) is 5.16. The molecule has 4 rings (SSSR count). The maximum atomic E-state index is 13.8. The van der Waals surface area contributed by atoms with E-state index in [-0.39, 0.29) is 0 Å². The van der Waals surface area contributed by atoms with Crippen LogP contribution in [0.25, 0.3) is 0 Å². The molecule has 2 N–H and O–H groups in total. The van der Waals surface area contributed by atoms with Crippen LogP contribution in [0.1, 0.15) is 30.0 Å². The fraction of sp³-hybridized carbons (Fsp3) is 0.360. The fourth-order valence-corrected chi connectivity index (χ4v) is 4.55. The molecule has 0 bridgehead atoms. The smallest absolute Gasteiger partial charge is 0.338 e. The Morgan fingerprint density at radius 1 is 1.12 bits per heavy atom. The summed E-state index contributed by atoms with van der Waals surface area (Å²) in [5.74, 6) is -0.354. The summed E-state index contributed by atoms with van der Waals surface area (Å²) in [6, 6.07) is 15.2. The molecule has 1 fully saturated rings. The normalized spacial score (nSPS) is 19.9. The highest BCUT2D eigenvalue weighted by Crippen LogP contribution is 2.29. The summed E-state index contributed by atoms with van der Waals surface area (Å²) in [4.78, 5) is 27.3. The standard InChI is InChI=1S/C25H28FN3O3/c1-32-24(30)22-21(27-25(31)28-23(22)19-8-5-9-20(26)15-19)16-29-12-10-18(11-13-29)14-17-6-3-2-4-7-17/h2-9,15,18,23H,10-14,16H2,1H3,(H2,27,28,31). The molecule has 2 aliphatic heterocycles. The minimum absolute atomic E-state index is 0.309. The Bertz CT molecular complexity index is 1000. The van der Waals surface area contributed by atoms with Crippen molar-refractivity contribution in [3.05, 3.63) is 82.8 Å². The Morgan fingerprint density at radius 2 is 1.88 bits per heavy atom. The molecule has 0 aromatic heterocycles. The Labute approximate surface area is 187 Å². The van der Waals surface area contributed by atoms with E-state index in [2.05, 4.69) is 39.8 Å². The van der Waals surface area contributed by atoms with E-state index >= 15 is 0 Å². The number of carbonyl (C=O) groups excluding carboxylic acids is 2. The van der Waals surface area contributed by atoms with Gasteiger partial charge in [0.1, 0.15) is 5.82 Å². The predicted octanol–water partition coefficient (Wildman–Crippen LogP) is 3.56. The van der Waals surface area contributed by atoms with Crippen LogP contribution in [0.5, 0.6) is 0 Å². The number of hydrogen-bond acceptors (Lipinski definition) is 4. The van der Waals surface area contributed by atoms with E-state index in [1.54, 1.807) is 12.1 Å². The van der Waals surface area contributed by atoms with E-state index in [1.165, 1.54) is 24.8 Å². The zero-order valence-electron chi connectivity index (χ0n) is 18.1. The summed E-state index contributed by atoms with van der Waals surface area (Å²) in [5.41, 5.74) is 2.67. The van der Waals surface area contributed by atoms with Crippen LogP contribution in [-0.2, 0) is 16.0 Å². The quantitative estimate of drug-likeness (QED) is 0.678. The van der Waals surface area contributed by atoms with Gasteiger partial charge in [0.2, 0.25) is 0 Å². The number of nitrogens with zero attached hydrogens (tertiary/aromatic N) is 1. The third-order valence-electron chi connectivity index (χ3n) is 6.20. The minimum Gasteiger partial charge on any atom is -0.466 e. The number of amides is 2. The Morgan fingerprint density at radius 3 is 2.56 bits per heavy atom. The van der Waals surface area contributed by atoms with Gasteiger partial charge >= 0.3 is 12.0 Å². The van der Waals surface area contributed by atoms with E-state index in [9.17, 15) is 14.0 Å². The zero-order valence-corrected chi connectivity index (χ0v) is 18.1. The van der Waals surface area contributed by atoms with Crippen molar-refractivity contribution in [2.24, 2.45) is 5.92 Å². The second kappa shape index (κ2) is 9.96. The molecule has 1 atom stereocenters. The van der Waals surface area contributed by atoms with Crippen LogP contribution < -0.4 is 10.6 Å². The van der Waals surface area contributed by atoms with Crippen molar-refractivity contribution in [1.82, 2.24) is 15.5 Å². The van der Waals surface area contributed by atoms with Gasteiger partial charge < -0.3 is 15.4 Å². The molecule has 0 radical (unpaired) electrons. The van der Waals surface area contributed by atoms with Crippen LogP contribution in [0.15, 0.2) is 65.9 Å². The molecular weight excluding hydrogens is 409 g/mol. The largest absolute Gasteiger partial charge is 0.466 e. The van der Waals surface area contributed by atoms with Crippen molar-refractivity contribution in [2.75, 3.05) is 26.7 Å². The SMILES string of the molecule is COC(=O)C1=C(CN2CCC(Cc3ccccc3)CC2)NC(=O)NC1c1cccc(F)c1. The summed E-state index contributed by atoms with van der Waals surface area (Å²) in [7, 11) is 1.31. The van der Waals surface area contributed by atoms with Gasteiger partial charge in [0.15, 0.2) is 0 Å². The molecule has 2 aromatic rings. The Hall–Kier alpha value is -3.19. The molecule has 168 valence electrons. The number of carbonyl (C=O) groups is 2. The number of urea groups is 1. The van der Waals surface area contributed by atoms with Gasteiger partial charge in [-0.2, -0.15) is 0 Å². The van der Waals surface area contributed by atoms with Gasteiger partial charge in [0.05, 0.1) is 18.7 Å². The molecule has 0 saturated carbocycles. The number of nitrogens with one attached hydrogen (secondary N) is 2.